The van der Waals surface area contributed by atoms with E-state index < -0.39 is 31.5 Å². The fraction of sp³-hybridized carbons (Fsp3) is 0.0952. The first-order valence-corrected chi connectivity index (χ1v) is 12.1. The Morgan fingerprint density at radius 2 is 1.30 bits per heavy atom. The second-order valence-electron chi connectivity index (χ2n) is 6.62. The molecule has 0 spiro atoms. The van der Waals surface area contributed by atoms with Gasteiger partial charge in [-0.05, 0) is 55.5 Å². The lowest BCUT2D eigenvalue weighted by Crippen LogP contribution is -2.23. The van der Waals surface area contributed by atoms with Crippen molar-refractivity contribution in [2.75, 3.05) is 15.8 Å². The van der Waals surface area contributed by atoms with E-state index in [0.717, 1.165) is 5.56 Å². The molecular formula is C21H20N2O5S2. The molecule has 30 heavy (non-hydrogen) atoms. The zero-order chi connectivity index (χ0) is 21.8. The first-order valence-electron chi connectivity index (χ1n) is 8.93. The molecule has 156 valence electrons. The number of sulfonamides is 1. The molecule has 3 aromatic rings. The molecule has 0 radical (unpaired) electrons. The number of amides is 1. The maximum atomic E-state index is 12.5. The van der Waals surface area contributed by atoms with Crippen molar-refractivity contribution in [3.05, 3.63) is 84.4 Å². The summed E-state index contributed by atoms with van der Waals surface area (Å²) in [6.07, 6.45) is 0. The summed E-state index contributed by atoms with van der Waals surface area (Å²) >= 11 is 0. The lowest BCUT2D eigenvalue weighted by Gasteiger charge is -2.10. The predicted octanol–water partition coefficient (Wildman–Crippen LogP) is 3.21. The number of anilines is 2. The summed E-state index contributed by atoms with van der Waals surface area (Å²) < 4.78 is 52.0. The standard InChI is InChI=1S/C21H20N2O5S2/c1-16-7-9-18(10-8-16)23-30(27,28)20-13-11-17(12-14-20)22-21(24)15-29(25,26)19-5-3-2-4-6-19/h2-14,23H,15H2,1H3,(H,22,24). The number of carbonyl (C=O) groups excluding carboxylic acids is 1. The molecule has 0 atom stereocenters. The van der Waals surface area contributed by atoms with E-state index >= 15 is 0 Å². The predicted molar refractivity (Wildman–Crippen MR) is 116 cm³/mol. The van der Waals surface area contributed by atoms with Gasteiger partial charge in [-0.3, -0.25) is 9.52 Å². The van der Waals surface area contributed by atoms with Crippen molar-refractivity contribution in [1.29, 1.82) is 0 Å². The van der Waals surface area contributed by atoms with Crippen LogP contribution in [0.2, 0.25) is 0 Å². The highest BCUT2D eigenvalue weighted by atomic mass is 32.2. The summed E-state index contributed by atoms with van der Waals surface area (Å²) in [5, 5.41) is 2.47. The highest BCUT2D eigenvalue weighted by Crippen LogP contribution is 2.19. The molecule has 9 heteroatoms. The molecule has 0 aliphatic carbocycles. The second kappa shape index (κ2) is 8.68. The van der Waals surface area contributed by atoms with E-state index in [1.165, 1.54) is 36.4 Å². The van der Waals surface area contributed by atoms with Crippen molar-refractivity contribution < 1.29 is 21.6 Å². The van der Waals surface area contributed by atoms with E-state index in [0.29, 0.717) is 5.69 Å². The van der Waals surface area contributed by atoms with Gasteiger partial charge in [-0.15, -0.1) is 0 Å². The Bertz CT molecular complexity index is 1240. The molecule has 0 fully saturated rings. The molecule has 7 nitrogen and oxygen atoms in total. The van der Waals surface area contributed by atoms with Gasteiger partial charge in [-0.1, -0.05) is 35.9 Å². The normalized spacial score (nSPS) is 11.6. The van der Waals surface area contributed by atoms with Crippen LogP contribution in [0.15, 0.2) is 88.7 Å². The third kappa shape index (κ3) is 5.46. The largest absolute Gasteiger partial charge is 0.325 e. The van der Waals surface area contributed by atoms with Crippen molar-refractivity contribution in [2.45, 2.75) is 16.7 Å². The van der Waals surface area contributed by atoms with Gasteiger partial charge in [-0.25, -0.2) is 16.8 Å². The average molecular weight is 445 g/mol. The molecule has 3 aromatic carbocycles. The van der Waals surface area contributed by atoms with E-state index in [2.05, 4.69) is 10.0 Å². The van der Waals surface area contributed by atoms with Gasteiger partial charge in [-0.2, -0.15) is 0 Å². The summed E-state index contributed by atoms with van der Waals surface area (Å²) in [6, 6.07) is 20.0. The van der Waals surface area contributed by atoms with Crippen molar-refractivity contribution >= 4 is 37.1 Å². The minimum atomic E-state index is -3.79. The van der Waals surface area contributed by atoms with Gasteiger partial charge in [0.1, 0.15) is 5.75 Å². The lowest BCUT2D eigenvalue weighted by atomic mass is 10.2. The maximum absolute atomic E-state index is 12.5. The number of aryl methyl sites for hydroxylation is 1. The van der Waals surface area contributed by atoms with Crippen molar-refractivity contribution in [3.8, 4) is 0 Å². The topological polar surface area (TPSA) is 109 Å². The fourth-order valence-corrected chi connectivity index (χ4v) is 4.85. The van der Waals surface area contributed by atoms with Crippen LogP contribution in [0.3, 0.4) is 0 Å². The van der Waals surface area contributed by atoms with Gasteiger partial charge < -0.3 is 5.32 Å². The number of nitrogens with one attached hydrogen (secondary N) is 2. The zero-order valence-corrected chi connectivity index (χ0v) is 17.7. The Balaban J connectivity index is 1.66. The van der Waals surface area contributed by atoms with Gasteiger partial charge >= 0.3 is 0 Å². The van der Waals surface area contributed by atoms with Gasteiger partial charge in [0.25, 0.3) is 10.0 Å². The average Bonchev–Trinajstić information content (AvgIpc) is 2.70. The van der Waals surface area contributed by atoms with Gasteiger partial charge in [0, 0.05) is 11.4 Å². The van der Waals surface area contributed by atoms with Crippen LogP contribution < -0.4 is 10.0 Å². The van der Waals surface area contributed by atoms with Crippen LogP contribution in [0.5, 0.6) is 0 Å². The quantitative estimate of drug-likeness (QED) is 0.582. The van der Waals surface area contributed by atoms with Crippen LogP contribution in [0, 0.1) is 6.92 Å². The number of carbonyl (C=O) groups is 1. The molecule has 0 aliphatic rings. The molecule has 2 N–H and O–H groups in total. The van der Waals surface area contributed by atoms with E-state index in [1.54, 1.807) is 42.5 Å². The summed E-state index contributed by atoms with van der Waals surface area (Å²) in [5.41, 5.74) is 1.73. The lowest BCUT2D eigenvalue weighted by molar-refractivity contribution is -0.113. The summed E-state index contributed by atoms with van der Waals surface area (Å²) in [5.74, 6) is -1.43. The Hall–Kier alpha value is -3.17. The summed E-state index contributed by atoms with van der Waals surface area (Å²) in [4.78, 5) is 12.2. The maximum Gasteiger partial charge on any atom is 0.261 e. The monoisotopic (exact) mass is 444 g/mol. The second-order valence-corrected chi connectivity index (χ2v) is 10.3. The molecule has 0 unspecified atom stereocenters. The Labute approximate surface area is 175 Å². The SMILES string of the molecule is Cc1ccc(NS(=O)(=O)c2ccc(NC(=O)CS(=O)(=O)c3ccccc3)cc2)cc1. The molecule has 0 heterocycles. The van der Waals surface area contributed by atoms with Crippen LogP contribution in [0.1, 0.15) is 5.56 Å². The Morgan fingerprint density at radius 3 is 1.90 bits per heavy atom. The molecule has 0 bridgehead atoms. The molecule has 0 saturated heterocycles. The summed E-state index contributed by atoms with van der Waals surface area (Å²) in [6.45, 7) is 1.90. The first kappa shape index (κ1) is 21.5. The Kier molecular flexibility index (Phi) is 6.23. The molecule has 0 saturated carbocycles. The highest BCUT2D eigenvalue weighted by molar-refractivity contribution is 7.92. The fourth-order valence-electron chi connectivity index (χ4n) is 2.63. The third-order valence-electron chi connectivity index (χ3n) is 4.18. The van der Waals surface area contributed by atoms with Crippen LogP contribution in [0.4, 0.5) is 11.4 Å². The minimum Gasteiger partial charge on any atom is -0.325 e. The number of benzene rings is 3. The van der Waals surface area contributed by atoms with Crippen LogP contribution in [-0.4, -0.2) is 28.5 Å². The van der Waals surface area contributed by atoms with E-state index in [9.17, 15) is 21.6 Å². The smallest absolute Gasteiger partial charge is 0.261 e. The van der Waals surface area contributed by atoms with Gasteiger partial charge in [0.2, 0.25) is 5.91 Å². The molecule has 1 amide bonds. The zero-order valence-electron chi connectivity index (χ0n) is 16.1. The van der Waals surface area contributed by atoms with Crippen molar-refractivity contribution in [1.82, 2.24) is 0 Å². The highest BCUT2D eigenvalue weighted by Gasteiger charge is 2.19. The van der Waals surface area contributed by atoms with Gasteiger partial charge in [0.05, 0.1) is 9.79 Å². The number of rotatable bonds is 7. The molecule has 3 rings (SSSR count). The van der Waals surface area contributed by atoms with E-state index in [1.807, 2.05) is 6.92 Å². The molecule has 0 aromatic heterocycles. The van der Waals surface area contributed by atoms with Crippen LogP contribution in [-0.2, 0) is 24.7 Å². The van der Waals surface area contributed by atoms with Crippen LogP contribution >= 0.6 is 0 Å². The van der Waals surface area contributed by atoms with Crippen molar-refractivity contribution in [2.24, 2.45) is 0 Å². The van der Waals surface area contributed by atoms with Crippen LogP contribution in [0.25, 0.3) is 0 Å². The van der Waals surface area contributed by atoms with Crippen molar-refractivity contribution in [3.63, 3.8) is 0 Å². The van der Waals surface area contributed by atoms with Gasteiger partial charge in [0.15, 0.2) is 9.84 Å². The van der Waals surface area contributed by atoms with E-state index in [4.69, 9.17) is 0 Å². The summed E-state index contributed by atoms with van der Waals surface area (Å²) in [7, 11) is -7.56. The minimum absolute atomic E-state index is 0.0120. The third-order valence-corrected chi connectivity index (χ3v) is 7.21. The number of hydrogen-bond donors (Lipinski definition) is 2. The molecular weight excluding hydrogens is 424 g/mol. The Morgan fingerprint density at radius 1 is 0.733 bits per heavy atom. The molecule has 0 aliphatic heterocycles. The number of hydrogen-bond acceptors (Lipinski definition) is 5. The first-order chi connectivity index (χ1) is 14.2. The number of sulfone groups is 1. The van der Waals surface area contributed by atoms with E-state index in [-0.39, 0.29) is 15.5 Å².